The second-order valence-corrected chi connectivity index (χ2v) is 4.99. The van der Waals surface area contributed by atoms with Gasteiger partial charge in [0.25, 0.3) is 0 Å². The number of thiocarbonyl (C=S) groups is 1. The van der Waals surface area contributed by atoms with Crippen LogP contribution in [0.3, 0.4) is 0 Å². The van der Waals surface area contributed by atoms with Gasteiger partial charge >= 0.3 is 0 Å². The van der Waals surface area contributed by atoms with Crippen LogP contribution in [0.1, 0.15) is 11.1 Å². The SMILES string of the molecule is COc1ccc(CCNc2cccc(F)c2C(N)=S)cc1. The molecule has 3 nitrogen and oxygen atoms in total. The molecule has 0 bridgehead atoms. The zero-order valence-electron chi connectivity index (χ0n) is 11.7. The quantitative estimate of drug-likeness (QED) is 0.805. The maximum Gasteiger partial charge on any atom is 0.135 e. The Morgan fingerprint density at radius 3 is 2.57 bits per heavy atom. The Hall–Kier alpha value is -2.14. The molecule has 0 saturated heterocycles. The molecule has 0 aromatic heterocycles. The molecule has 5 heteroatoms. The Kier molecular flexibility index (Phi) is 5.11. The zero-order valence-corrected chi connectivity index (χ0v) is 12.5. The van der Waals surface area contributed by atoms with E-state index < -0.39 is 5.82 Å². The summed E-state index contributed by atoms with van der Waals surface area (Å²) in [6.07, 6.45) is 0.803. The highest BCUT2D eigenvalue weighted by Crippen LogP contribution is 2.19. The molecule has 0 heterocycles. The molecule has 0 aliphatic carbocycles. The van der Waals surface area contributed by atoms with E-state index in [1.54, 1.807) is 19.2 Å². The van der Waals surface area contributed by atoms with Crippen molar-refractivity contribution in [2.45, 2.75) is 6.42 Å². The maximum absolute atomic E-state index is 13.7. The summed E-state index contributed by atoms with van der Waals surface area (Å²) in [4.78, 5) is 0.0556. The lowest BCUT2D eigenvalue weighted by atomic mass is 10.1. The van der Waals surface area contributed by atoms with Gasteiger partial charge < -0.3 is 15.8 Å². The number of nitrogens with one attached hydrogen (secondary N) is 1. The number of methoxy groups -OCH3 is 1. The van der Waals surface area contributed by atoms with Crippen molar-refractivity contribution in [1.82, 2.24) is 0 Å². The molecule has 0 fully saturated rings. The molecule has 2 aromatic carbocycles. The first-order valence-corrected chi connectivity index (χ1v) is 6.97. The first-order valence-electron chi connectivity index (χ1n) is 6.57. The predicted molar refractivity (Wildman–Crippen MR) is 87.5 cm³/mol. The number of halogens is 1. The van der Waals surface area contributed by atoms with E-state index in [1.807, 2.05) is 24.3 Å². The second-order valence-electron chi connectivity index (χ2n) is 4.55. The van der Waals surface area contributed by atoms with Crippen molar-refractivity contribution in [3.63, 3.8) is 0 Å². The lowest BCUT2D eigenvalue weighted by Gasteiger charge is -2.12. The van der Waals surface area contributed by atoms with E-state index in [2.05, 4.69) is 5.32 Å². The molecular formula is C16H17FN2OS. The number of rotatable bonds is 6. The summed E-state index contributed by atoms with van der Waals surface area (Å²) in [6, 6.07) is 12.6. The molecule has 0 spiro atoms. The lowest BCUT2D eigenvalue weighted by Crippen LogP contribution is -2.16. The molecule has 0 radical (unpaired) electrons. The van der Waals surface area contributed by atoms with Crippen molar-refractivity contribution in [3.05, 3.63) is 59.4 Å². The molecule has 0 atom stereocenters. The number of benzene rings is 2. The Morgan fingerprint density at radius 1 is 1.24 bits per heavy atom. The van der Waals surface area contributed by atoms with Crippen LogP contribution in [0.25, 0.3) is 0 Å². The van der Waals surface area contributed by atoms with Crippen LogP contribution < -0.4 is 15.8 Å². The fourth-order valence-electron chi connectivity index (χ4n) is 2.06. The molecule has 0 unspecified atom stereocenters. The summed E-state index contributed by atoms with van der Waals surface area (Å²) >= 11 is 4.89. The summed E-state index contributed by atoms with van der Waals surface area (Å²) < 4.78 is 18.8. The van der Waals surface area contributed by atoms with Crippen molar-refractivity contribution in [1.29, 1.82) is 0 Å². The van der Waals surface area contributed by atoms with Gasteiger partial charge in [0.15, 0.2) is 0 Å². The Bertz CT molecular complexity index is 629. The van der Waals surface area contributed by atoms with Crippen molar-refractivity contribution < 1.29 is 9.13 Å². The van der Waals surface area contributed by atoms with Gasteiger partial charge in [-0.25, -0.2) is 4.39 Å². The molecule has 0 aliphatic heterocycles. The van der Waals surface area contributed by atoms with Gasteiger partial charge in [0.1, 0.15) is 16.6 Å². The highest BCUT2D eigenvalue weighted by atomic mass is 32.1. The van der Waals surface area contributed by atoms with Crippen LogP contribution in [0.5, 0.6) is 5.75 Å². The van der Waals surface area contributed by atoms with Crippen molar-refractivity contribution in [2.75, 3.05) is 19.0 Å². The topological polar surface area (TPSA) is 47.3 Å². The van der Waals surface area contributed by atoms with Gasteiger partial charge in [0.05, 0.1) is 12.7 Å². The van der Waals surface area contributed by atoms with Crippen LogP contribution in [0.2, 0.25) is 0 Å². The third kappa shape index (κ3) is 3.92. The third-order valence-corrected chi connectivity index (χ3v) is 3.35. The average molecular weight is 304 g/mol. The maximum atomic E-state index is 13.7. The van der Waals surface area contributed by atoms with E-state index >= 15 is 0 Å². The van der Waals surface area contributed by atoms with E-state index in [0.29, 0.717) is 12.2 Å². The fraction of sp³-hybridized carbons (Fsp3) is 0.188. The highest BCUT2D eigenvalue weighted by molar-refractivity contribution is 7.80. The van der Waals surface area contributed by atoms with Crippen LogP contribution in [0.15, 0.2) is 42.5 Å². The van der Waals surface area contributed by atoms with Gasteiger partial charge in [0.2, 0.25) is 0 Å². The van der Waals surface area contributed by atoms with Crippen LogP contribution in [0, 0.1) is 5.82 Å². The molecule has 2 aromatic rings. The molecule has 0 amide bonds. The van der Waals surface area contributed by atoms with E-state index in [9.17, 15) is 4.39 Å². The Balaban J connectivity index is 2.00. The molecule has 21 heavy (non-hydrogen) atoms. The molecule has 110 valence electrons. The Morgan fingerprint density at radius 2 is 1.95 bits per heavy atom. The standard InChI is InChI=1S/C16H17FN2OS/c1-20-12-7-5-11(6-8-12)9-10-19-14-4-2-3-13(17)15(14)16(18)21/h2-8,19H,9-10H2,1H3,(H2,18,21). The van der Waals surface area contributed by atoms with E-state index in [1.165, 1.54) is 6.07 Å². The Labute approximate surface area is 128 Å². The molecule has 0 aliphatic rings. The largest absolute Gasteiger partial charge is 0.497 e. The van der Waals surface area contributed by atoms with Crippen LogP contribution in [-0.4, -0.2) is 18.6 Å². The summed E-state index contributed by atoms with van der Waals surface area (Å²) in [5.74, 6) is 0.421. The van der Waals surface area contributed by atoms with Gasteiger partial charge in [-0.1, -0.05) is 30.4 Å². The predicted octanol–water partition coefficient (Wildman–Crippen LogP) is 3.12. The fourth-order valence-corrected chi connectivity index (χ4v) is 2.26. The normalized spacial score (nSPS) is 10.2. The van der Waals surface area contributed by atoms with E-state index in [-0.39, 0.29) is 10.6 Å². The molecule has 3 N–H and O–H groups in total. The summed E-state index contributed by atoms with van der Waals surface area (Å²) in [5, 5.41) is 3.17. The van der Waals surface area contributed by atoms with Crippen LogP contribution in [-0.2, 0) is 6.42 Å². The molecule has 0 saturated carbocycles. The number of ether oxygens (including phenoxy) is 1. The first-order chi connectivity index (χ1) is 10.1. The third-order valence-electron chi connectivity index (χ3n) is 3.15. The summed E-state index contributed by atoms with van der Waals surface area (Å²) in [7, 11) is 1.64. The summed E-state index contributed by atoms with van der Waals surface area (Å²) in [6.45, 7) is 0.658. The van der Waals surface area contributed by atoms with Crippen LogP contribution >= 0.6 is 12.2 Å². The van der Waals surface area contributed by atoms with Gasteiger partial charge in [-0.2, -0.15) is 0 Å². The number of hydrogen-bond donors (Lipinski definition) is 2. The zero-order chi connectivity index (χ0) is 15.2. The minimum atomic E-state index is -0.406. The van der Waals surface area contributed by atoms with Crippen molar-refractivity contribution in [3.8, 4) is 5.75 Å². The highest BCUT2D eigenvalue weighted by Gasteiger charge is 2.10. The van der Waals surface area contributed by atoms with Crippen molar-refractivity contribution >= 4 is 22.9 Å². The van der Waals surface area contributed by atoms with Gasteiger partial charge in [-0.05, 0) is 36.2 Å². The van der Waals surface area contributed by atoms with Gasteiger partial charge in [-0.15, -0.1) is 0 Å². The number of anilines is 1. The van der Waals surface area contributed by atoms with Crippen molar-refractivity contribution in [2.24, 2.45) is 5.73 Å². The van der Waals surface area contributed by atoms with Gasteiger partial charge in [-0.3, -0.25) is 0 Å². The number of hydrogen-bond acceptors (Lipinski definition) is 3. The smallest absolute Gasteiger partial charge is 0.135 e. The minimum Gasteiger partial charge on any atom is -0.497 e. The van der Waals surface area contributed by atoms with Crippen LogP contribution in [0.4, 0.5) is 10.1 Å². The molecule has 2 rings (SSSR count). The van der Waals surface area contributed by atoms with E-state index in [4.69, 9.17) is 22.7 Å². The van der Waals surface area contributed by atoms with Gasteiger partial charge in [0, 0.05) is 12.2 Å². The monoisotopic (exact) mass is 304 g/mol. The second kappa shape index (κ2) is 7.04. The lowest BCUT2D eigenvalue weighted by molar-refractivity contribution is 0.414. The molecular weight excluding hydrogens is 287 g/mol. The first kappa shape index (κ1) is 15.3. The number of nitrogens with two attached hydrogens (primary N) is 1. The minimum absolute atomic E-state index is 0.0556. The average Bonchev–Trinajstić information content (AvgIpc) is 2.47. The van der Waals surface area contributed by atoms with E-state index in [0.717, 1.165) is 17.7 Å². The summed E-state index contributed by atoms with van der Waals surface area (Å²) in [5.41, 5.74) is 7.62.